The first-order valence-corrected chi connectivity index (χ1v) is 8.39. The van der Waals surface area contributed by atoms with Gasteiger partial charge in [0.25, 0.3) is 0 Å². The number of anilines is 1. The summed E-state index contributed by atoms with van der Waals surface area (Å²) in [5.74, 6) is 0.577. The molecule has 4 rings (SSSR count). The Hall–Kier alpha value is -3.05. The van der Waals surface area contributed by atoms with E-state index in [4.69, 9.17) is 11.6 Å². The molecule has 0 aliphatic carbocycles. The fourth-order valence-electron chi connectivity index (χ4n) is 2.81. The second-order valence-corrected chi connectivity index (χ2v) is 6.19. The number of benzene rings is 2. The van der Waals surface area contributed by atoms with Crippen LogP contribution in [0.1, 0.15) is 0 Å². The van der Waals surface area contributed by atoms with Gasteiger partial charge in [0.05, 0.1) is 0 Å². The molecule has 2 heterocycles. The maximum absolute atomic E-state index is 14.9. The van der Waals surface area contributed by atoms with Crippen LogP contribution in [0.4, 0.5) is 10.2 Å². The van der Waals surface area contributed by atoms with Gasteiger partial charge in [-0.25, -0.2) is 14.4 Å². The number of nitrogens with zero attached hydrogens (tertiary/aromatic N) is 3. The van der Waals surface area contributed by atoms with Crippen LogP contribution in [0.3, 0.4) is 0 Å². The van der Waals surface area contributed by atoms with Crippen molar-refractivity contribution in [2.24, 2.45) is 0 Å². The van der Waals surface area contributed by atoms with Crippen LogP contribution in [0.25, 0.3) is 33.4 Å². The van der Waals surface area contributed by atoms with Gasteiger partial charge >= 0.3 is 0 Å². The number of fused-ring (bicyclic) bond motifs is 1. The lowest BCUT2D eigenvalue weighted by atomic mass is 10.0. The summed E-state index contributed by atoms with van der Waals surface area (Å²) in [6, 6.07) is 14.3. The summed E-state index contributed by atoms with van der Waals surface area (Å²) >= 11 is 5.94. The molecule has 2 aromatic carbocycles. The lowest BCUT2D eigenvalue weighted by molar-refractivity contribution is 0.637. The molecular weight excluding hydrogens is 351 g/mol. The van der Waals surface area contributed by atoms with Gasteiger partial charge in [0, 0.05) is 35.4 Å². The molecule has 0 unspecified atom stereocenters. The zero-order chi connectivity index (χ0) is 18.1. The van der Waals surface area contributed by atoms with E-state index in [1.807, 2.05) is 24.3 Å². The number of aromatic nitrogens is 3. The average Bonchev–Trinajstić information content (AvgIpc) is 2.68. The molecule has 0 saturated heterocycles. The third kappa shape index (κ3) is 2.97. The summed E-state index contributed by atoms with van der Waals surface area (Å²) in [6.07, 6.45) is 3.32. The number of hydrogen-bond acceptors (Lipinski definition) is 4. The summed E-state index contributed by atoms with van der Waals surface area (Å²) in [7, 11) is 1.75. The van der Waals surface area contributed by atoms with E-state index in [1.165, 1.54) is 6.07 Å². The normalized spacial score (nSPS) is 10.9. The van der Waals surface area contributed by atoms with Gasteiger partial charge in [-0.05, 0) is 47.5 Å². The van der Waals surface area contributed by atoms with Gasteiger partial charge in [-0.2, -0.15) is 0 Å². The molecule has 0 saturated carbocycles. The average molecular weight is 365 g/mol. The Morgan fingerprint density at radius 2 is 1.77 bits per heavy atom. The lowest BCUT2D eigenvalue weighted by Gasteiger charge is -2.11. The summed E-state index contributed by atoms with van der Waals surface area (Å²) in [5.41, 5.74) is 2.60. The van der Waals surface area contributed by atoms with Gasteiger partial charge in [0.15, 0.2) is 5.82 Å². The Balaban J connectivity index is 1.93. The fourth-order valence-corrected chi connectivity index (χ4v) is 2.94. The van der Waals surface area contributed by atoms with Crippen LogP contribution < -0.4 is 5.32 Å². The molecule has 0 aliphatic rings. The minimum absolute atomic E-state index is 0.265. The standard InChI is InChI=1S/C20H14ClFN4/c1-23-20-16-9-14(12-4-6-15(21)7-5-12)10-17(22)18(16)25-19(26-20)13-3-2-8-24-11-13/h2-11H,1H3,(H,23,25,26). The highest BCUT2D eigenvalue weighted by atomic mass is 35.5. The number of nitrogens with one attached hydrogen (secondary N) is 1. The highest BCUT2D eigenvalue weighted by Gasteiger charge is 2.14. The molecular formula is C20H14ClFN4. The summed E-state index contributed by atoms with van der Waals surface area (Å²) in [4.78, 5) is 13.0. The second kappa shape index (κ2) is 6.69. The molecule has 0 aliphatic heterocycles. The van der Waals surface area contributed by atoms with Crippen LogP contribution in [-0.2, 0) is 0 Å². The molecule has 0 radical (unpaired) electrons. The SMILES string of the molecule is CNc1nc(-c2cccnc2)nc2c(F)cc(-c3ccc(Cl)cc3)cc12. The van der Waals surface area contributed by atoms with Crippen molar-refractivity contribution < 1.29 is 4.39 Å². The Kier molecular flexibility index (Phi) is 4.22. The van der Waals surface area contributed by atoms with Crippen molar-refractivity contribution in [2.75, 3.05) is 12.4 Å². The van der Waals surface area contributed by atoms with Crippen molar-refractivity contribution in [3.8, 4) is 22.5 Å². The molecule has 4 nitrogen and oxygen atoms in total. The van der Waals surface area contributed by atoms with Crippen LogP contribution in [-0.4, -0.2) is 22.0 Å². The highest BCUT2D eigenvalue weighted by molar-refractivity contribution is 6.30. The summed E-state index contributed by atoms with van der Waals surface area (Å²) < 4.78 is 14.9. The largest absolute Gasteiger partial charge is 0.373 e. The Labute approximate surface area is 154 Å². The van der Waals surface area contributed by atoms with Gasteiger partial charge in [-0.15, -0.1) is 0 Å². The van der Waals surface area contributed by atoms with E-state index in [0.717, 1.165) is 16.7 Å². The van der Waals surface area contributed by atoms with E-state index in [-0.39, 0.29) is 5.52 Å². The second-order valence-electron chi connectivity index (χ2n) is 5.75. The minimum atomic E-state index is -0.406. The Morgan fingerprint density at radius 3 is 2.46 bits per heavy atom. The zero-order valence-corrected chi connectivity index (χ0v) is 14.6. The number of pyridine rings is 1. The van der Waals surface area contributed by atoms with Gasteiger partial charge in [0.1, 0.15) is 17.2 Å². The Morgan fingerprint density at radius 1 is 0.962 bits per heavy atom. The van der Waals surface area contributed by atoms with Crippen molar-refractivity contribution in [3.63, 3.8) is 0 Å². The van der Waals surface area contributed by atoms with Crippen molar-refractivity contribution in [1.82, 2.24) is 15.0 Å². The van der Waals surface area contributed by atoms with Crippen LogP contribution >= 0.6 is 11.6 Å². The maximum atomic E-state index is 14.9. The van der Waals surface area contributed by atoms with E-state index in [9.17, 15) is 4.39 Å². The molecule has 6 heteroatoms. The minimum Gasteiger partial charge on any atom is -0.373 e. The topological polar surface area (TPSA) is 50.7 Å². The van der Waals surface area contributed by atoms with E-state index in [2.05, 4.69) is 20.3 Å². The highest BCUT2D eigenvalue weighted by Crippen LogP contribution is 2.31. The first kappa shape index (κ1) is 16.4. The number of hydrogen-bond donors (Lipinski definition) is 1. The van der Waals surface area contributed by atoms with Crippen LogP contribution in [0.5, 0.6) is 0 Å². The zero-order valence-electron chi connectivity index (χ0n) is 13.9. The molecule has 0 atom stereocenters. The number of halogens is 2. The Bertz CT molecular complexity index is 1080. The fraction of sp³-hybridized carbons (Fsp3) is 0.0500. The summed E-state index contributed by atoms with van der Waals surface area (Å²) in [6.45, 7) is 0. The van der Waals surface area contributed by atoms with Crippen molar-refractivity contribution in [1.29, 1.82) is 0 Å². The van der Waals surface area contributed by atoms with Crippen molar-refractivity contribution in [2.45, 2.75) is 0 Å². The van der Waals surface area contributed by atoms with Gasteiger partial charge in [0.2, 0.25) is 0 Å². The van der Waals surface area contributed by atoms with Gasteiger partial charge in [-0.1, -0.05) is 23.7 Å². The predicted octanol–water partition coefficient (Wildman–Crippen LogP) is 5.19. The third-order valence-corrected chi connectivity index (χ3v) is 4.34. The van der Waals surface area contributed by atoms with E-state index in [1.54, 1.807) is 37.6 Å². The summed E-state index contributed by atoms with van der Waals surface area (Å²) in [5, 5.41) is 4.29. The molecule has 2 aromatic heterocycles. The van der Waals surface area contributed by atoms with Crippen molar-refractivity contribution >= 4 is 28.3 Å². The first-order chi connectivity index (χ1) is 12.7. The van der Waals surface area contributed by atoms with Crippen LogP contribution in [0, 0.1) is 5.82 Å². The van der Waals surface area contributed by atoms with E-state index < -0.39 is 5.82 Å². The molecule has 4 aromatic rings. The first-order valence-electron chi connectivity index (χ1n) is 8.01. The molecule has 0 spiro atoms. The monoisotopic (exact) mass is 364 g/mol. The van der Waals surface area contributed by atoms with Gasteiger partial charge < -0.3 is 5.32 Å². The smallest absolute Gasteiger partial charge is 0.163 e. The molecule has 128 valence electrons. The molecule has 1 N–H and O–H groups in total. The predicted molar refractivity (Wildman–Crippen MR) is 103 cm³/mol. The molecule has 0 amide bonds. The maximum Gasteiger partial charge on any atom is 0.163 e. The van der Waals surface area contributed by atoms with Crippen molar-refractivity contribution in [3.05, 3.63) is 71.8 Å². The van der Waals surface area contributed by atoms with Gasteiger partial charge in [-0.3, -0.25) is 4.98 Å². The van der Waals surface area contributed by atoms with Crippen LogP contribution in [0.15, 0.2) is 60.9 Å². The molecule has 0 bridgehead atoms. The molecule has 26 heavy (non-hydrogen) atoms. The van der Waals surface area contributed by atoms with E-state index in [0.29, 0.717) is 22.1 Å². The molecule has 0 fully saturated rings. The quantitative estimate of drug-likeness (QED) is 0.543. The van der Waals surface area contributed by atoms with Crippen LogP contribution in [0.2, 0.25) is 5.02 Å². The lowest BCUT2D eigenvalue weighted by Crippen LogP contribution is -2.00. The van der Waals surface area contributed by atoms with E-state index >= 15 is 0 Å². The number of rotatable bonds is 3. The third-order valence-electron chi connectivity index (χ3n) is 4.09.